The molecule has 3 N–H and O–H groups in total. The molecule has 0 saturated heterocycles. The Morgan fingerprint density at radius 1 is 0.897 bits per heavy atom. The molecule has 0 unspecified atom stereocenters. The molecule has 3 rings (SSSR count). The molecule has 0 bridgehead atoms. The summed E-state index contributed by atoms with van der Waals surface area (Å²) in [6, 6.07) is 15.7. The van der Waals surface area contributed by atoms with Crippen molar-refractivity contribution in [2.24, 2.45) is 0 Å². The molecule has 0 radical (unpaired) electrons. The minimum absolute atomic E-state index is 0.0622. The molecule has 0 heterocycles. The van der Waals surface area contributed by atoms with Gasteiger partial charge < -0.3 is 24.8 Å². The SMILES string of the molecule is COc1ccc(/C=C/C(=O)Oc2cc(O)ccc2Sc2ccc(O)cc2O)cc1. The predicted molar refractivity (Wildman–Crippen MR) is 110 cm³/mol. The van der Waals surface area contributed by atoms with Gasteiger partial charge >= 0.3 is 5.97 Å². The average molecular weight is 410 g/mol. The minimum atomic E-state index is -0.622. The van der Waals surface area contributed by atoms with Gasteiger partial charge in [0.25, 0.3) is 0 Å². The Hall–Kier alpha value is -3.58. The van der Waals surface area contributed by atoms with Crippen LogP contribution in [0.4, 0.5) is 0 Å². The number of methoxy groups -OCH3 is 1. The molecule has 0 fully saturated rings. The standard InChI is InChI=1S/C22H18O6S/c1-27-17-7-2-14(3-8-17)4-11-22(26)28-19-13-16(24)6-10-21(19)29-20-9-5-15(23)12-18(20)25/h2-13,23-25H,1H3/b11-4+. The fourth-order valence-electron chi connectivity index (χ4n) is 2.39. The van der Waals surface area contributed by atoms with Gasteiger partial charge in [-0.2, -0.15) is 0 Å². The Labute approximate surface area is 171 Å². The van der Waals surface area contributed by atoms with Gasteiger partial charge in [-0.3, -0.25) is 0 Å². The van der Waals surface area contributed by atoms with Crippen LogP contribution in [0.5, 0.6) is 28.7 Å². The molecule has 0 spiro atoms. The first-order valence-electron chi connectivity index (χ1n) is 8.51. The number of carbonyl (C=O) groups is 1. The van der Waals surface area contributed by atoms with E-state index in [1.165, 1.54) is 36.4 Å². The number of rotatable bonds is 6. The molecule has 0 aliphatic heterocycles. The fourth-order valence-corrected chi connectivity index (χ4v) is 3.27. The summed E-state index contributed by atoms with van der Waals surface area (Å²) in [7, 11) is 1.57. The summed E-state index contributed by atoms with van der Waals surface area (Å²) < 4.78 is 10.5. The molecule has 6 nitrogen and oxygen atoms in total. The third-order valence-corrected chi connectivity index (χ3v) is 4.95. The topological polar surface area (TPSA) is 96.2 Å². The molecule has 0 aromatic heterocycles. The highest BCUT2D eigenvalue weighted by Crippen LogP contribution is 2.41. The Morgan fingerprint density at radius 3 is 2.21 bits per heavy atom. The molecule has 148 valence electrons. The van der Waals surface area contributed by atoms with E-state index < -0.39 is 5.97 Å². The van der Waals surface area contributed by atoms with Crippen LogP contribution in [0.15, 0.2) is 76.5 Å². The Morgan fingerprint density at radius 2 is 1.55 bits per heavy atom. The molecule has 29 heavy (non-hydrogen) atoms. The summed E-state index contributed by atoms with van der Waals surface area (Å²) in [5.74, 6) is -0.00229. The van der Waals surface area contributed by atoms with Crippen molar-refractivity contribution in [2.75, 3.05) is 7.11 Å². The number of aromatic hydroxyl groups is 3. The normalized spacial score (nSPS) is 10.8. The second-order valence-corrected chi connectivity index (χ2v) is 7.00. The van der Waals surface area contributed by atoms with Crippen LogP contribution < -0.4 is 9.47 Å². The van der Waals surface area contributed by atoms with Crippen LogP contribution in [-0.4, -0.2) is 28.4 Å². The van der Waals surface area contributed by atoms with Crippen molar-refractivity contribution in [3.8, 4) is 28.7 Å². The predicted octanol–water partition coefficient (Wildman–Crippen LogP) is 4.58. The minimum Gasteiger partial charge on any atom is -0.508 e. The quantitative estimate of drug-likeness (QED) is 0.311. The third kappa shape index (κ3) is 5.46. The monoisotopic (exact) mass is 410 g/mol. The Balaban J connectivity index is 1.76. The Bertz CT molecular complexity index is 1040. The lowest BCUT2D eigenvalue weighted by Gasteiger charge is -2.10. The number of phenols is 3. The van der Waals surface area contributed by atoms with Crippen molar-refractivity contribution in [2.45, 2.75) is 9.79 Å². The van der Waals surface area contributed by atoms with E-state index in [0.717, 1.165) is 17.3 Å². The second-order valence-electron chi connectivity index (χ2n) is 5.91. The lowest BCUT2D eigenvalue weighted by atomic mass is 10.2. The molecular weight excluding hydrogens is 392 g/mol. The molecular formula is C22H18O6S. The summed E-state index contributed by atoms with van der Waals surface area (Å²) in [5, 5.41) is 29.1. The van der Waals surface area contributed by atoms with Gasteiger partial charge in [0.15, 0.2) is 0 Å². The number of hydrogen-bond acceptors (Lipinski definition) is 7. The molecule has 3 aromatic carbocycles. The first-order valence-corrected chi connectivity index (χ1v) is 9.33. The molecule has 0 aliphatic carbocycles. The number of ether oxygens (including phenoxy) is 2. The van der Waals surface area contributed by atoms with Crippen molar-refractivity contribution >= 4 is 23.8 Å². The first-order chi connectivity index (χ1) is 13.9. The van der Waals surface area contributed by atoms with E-state index in [1.807, 2.05) is 0 Å². The summed E-state index contributed by atoms with van der Waals surface area (Å²) in [6.07, 6.45) is 2.88. The van der Waals surface area contributed by atoms with Crippen LogP contribution in [0, 0.1) is 0 Å². The molecule has 0 amide bonds. The van der Waals surface area contributed by atoms with Gasteiger partial charge in [0, 0.05) is 18.2 Å². The largest absolute Gasteiger partial charge is 0.508 e. The number of hydrogen-bond donors (Lipinski definition) is 3. The van der Waals surface area contributed by atoms with Gasteiger partial charge in [-0.1, -0.05) is 23.9 Å². The van der Waals surface area contributed by atoms with Crippen molar-refractivity contribution < 1.29 is 29.6 Å². The van der Waals surface area contributed by atoms with Crippen molar-refractivity contribution in [3.05, 3.63) is 72.3 Å². The number of carbonyl (C=O) groups excluding carboxylic acids is 1. The molecule has 0 aliphatic rings. The van der Waals surface area contributed by atoms with Crippen LogP contribution in [-0.2, 0) is 4.79 Å². The lowest BCUT2D eigenvalue weighted by molar-refractivity contribution is -0.129. The maximum Gasteiger partial charge on any atom is 0.336 e. The second kappa shape index (κ2) is 9.07. The zero-order valence-corrected chi connectivity index (χ0v) is 16.2. The van der Waals surface area contributed by atoms with E-state index >= 15 is 0 Å². The van der Waals surface area contributed by atoms with Crippen LogP contribution in [0.25, 0.3) is 6.08 Å². The van der Waals surface area contributed by atoms with Crippen LogP contribution >= 0.6 is 11.8 Å². The molecule has 0 saturated carbocycles. The highest BCUT2D eigenvalue weighted by atomic mass is 32.2. The average Bonchev–Trinajstić information content (AvgIpc) is 2.70. The summed E-state index contributed by atoms with van der Waals surface area (Å²) >= 11 is 1.13. The van der Waals surface area contributed by atoms with Gasteiger partial charge in [0.05, 0.1) is 16.9 Å². The van der Waals surface area contributed by atoms with E-state index in [0.29, 0.717) is 15.5 Å². The zero-order chi connectivity index (χ0) is 20.8. The fraction of sp³-hybridized carbons (Fsp3) is 0.0455. The van der Waals surface area contributed by atoms with E-state index in [2.05, 4.69) is 0 Å². The van der Waals surface area contributed by atoms with E-state index in [4.69, 9.17) is 9.47 Å². The Kier molecular flexibility index (Phi) is 6.31. The highest BCUT2D eigenvalue weighted by Gasteiger charge is 2.13. The maximum absolute atomic E-state index is 12.2. The van der Waals surface area contributed by atoms with E-state index in [9.17, 15) is 20.1 Å². The summed E-state index contributed by atoms with van der Waals surface area (Å²) in [5.41, 5.74) is 0.794. The van der Waals surface area contributed by atoms with E-state index in [-0.39, 0.29) is 23.0 Å². The molecule has 0 atom stereocenters. The van der Waals surface area contributed by atoms with Crippen molar-refractivity contribution in [1.29, 1.82) is 0 Å². The van der Waals surface area contributed by atoms with Gasteiger partial charge in [0.1, 0.15) is 28.7 Å². The first kappa shape index (κ1) is 20.2. The maximum atomic E-state index is 12.2. The smallest absolute Gasteiger partial charge is 0.336 e. The number of benzene rings is 3. The van der Waals surface area contributed by atoms with Crippen LogP contribution in [0.2, 0.25) is 0 Å². The highest BCUT2D eigenvalue weighted by molar-refractivity contribution is 7.99. The van der Waals surface area contributed by atoms with Crippen molar-refractivity contribution in [1.82, 2.24) is 0 Å². The number of phenolic OH excluding ortho intramolecular Hbond substituents is 3. The van der Waals surface area contributed by atoms with Crippen molar-refractivity contribution in [3.63, 3.8) is 0 Å². The lowest BCUT2D eigenvalue weighted by Crippen LogP contribution is -2.04. The summed E-state index contributed by atoms with van der Waals surface area (Å²) in [4.78, 5) is 13.2. The van der Waals surface area contributed by atoms with Gasteiger partial charge in [-0.25, -0.2) is 4.79 Å². The zero-order valence-electron chi connectivity index (χ0n) is 15.4. The van der Waals surface area contributed by atoms with Gasteiger partial charge in [0.2, 0.25) is 0 Å². The summed E-state index contributed by atoms with van der Waals surface area (Å²) in [6.45, 7) is 0. The third-order valence-electron chi connectivity index (χ3n) is 3.83. The van der Waals surface area contributed by atoms with Crippen LogP contribution in [0.3, 0.4) is 0 Å². The van der Waals surface area contributed by atoms with Gasteiger partial charge in [-0.05, 0) is 48.0 Å². The van der Waals surface area contributed by atoms with Crippen LogP contribution in [0.1, 0.15) is 5.56 Å². The molecule has 7 heteroatoms. The number of esters is 1. The molecule has 3 aromatic rings. The van der Waals surface area contributed by atoms with E-state index in [1.54, 1.807) is 43.5 Å². The van der Waals surface area contributed by atoms with Gasteiger partial charge in [-0.15, -0.1) is 0 Å².